The van der Waals surface area contributed by atoms with E-state index in [9.17, 15) is 4.79 Å². The summed E-state index contributed by atoms with van der Waals surface area (Å²) in [7, 11) is 0. The van der Waals surface area contributed by atoms with E-state index in [2.05, 4.69) is 4.98 Å². The van der Waals surface area contributed by atoms with Crippen molar-refractivity contribution >= 4 is 17.4 Å². The Morgan fingerprint density at radius 2 is 1.95 bits per heavy atom. The van der Waals surface area contributed by atoms with Crippen LogP contribution in [0.1, 0.15) is 25.0 Å². The van der Waals surface area contributed by atoms with E-state index in [0.717, 1.165) is 16.8 Å². The fourth-order valence-electron chi connectivity index (χ4n) is 2.67. The van der Waals surface area contributed by atoms with Gasteiger partial charge in [0, 0.05) is 11.9 Å². The molecule has 0 saturated heterocycles. The van der Waals surface area contributed by atoms with Gasteiger partial charge in [-0.2, -0.15) is 0 Å². The number of benzene rings is 1. The number of anilines is 2. The van der Waals surface area contributed by atoms with Crippen LogP contribution in [-0.4, -0.2) is 10.9 Å². The quantitative estimate of drug-likeness (QED) is 0.909. The number of nitrogens with zero attached hydrogens (tertiary/aromatic N) is 2. The fourth-order valence-corrected chi connectivity index (χ4v) is 2.67. The summed E-state index contributed by atoms with van der Waals surface area (Å²) in [5.74, 6) is 0.609. The first-order chi connectivity index (χ1) is 9.50. The molecule has 4 nitrogen and oxygen atoms in total. The second kappa shape index (κ2) is 4.34. The second-order valence-electron chi connectivity index (χ2n) is 5.62. The number of rotatable bonds is 2. The van der Waals surface area contributed by atoms with Crippen LogP contribution in [0.3, 0.4) is 0 Å². The SMILES string of the molecule is CC1(C)C(=O)N(Cc2ccc(N)nc2)c2ccccc21. The number of carbonyl (C=O) groups is 1. The highest BCUT2D eigenvalue weighted by Crippen LogP contribution is 2.41. The van der Waals surface area contributed by atoms with Crippen LogP contribution in [0.15, 0.2) is 42.6 Å². The Kier molecular flexibility index (Phi) is 2.74. The number of hydrogen-bond donors (Lipinski definition) is 1. The molecule has 1 aromatic heterocycles. The van der Waals surface area contributed by atoms with Gasteiger partial charge < -0.3 is 10.6 Å². The first kappa shape index (κ1) is 12.7. The lowest BCUT2D eigenvalue weighted by Gasteiger charge is -2.20. The Morgan fingerprint density at radius 3 is 2.65 bits per heavy atom. The highest BCUT2D eigenvalue weighted by molar-refractivity contribution is 6.07. The van der Waals surface area contributed by atoms with E-state index in [4.69, 9.17) is 5.73 Å². The lowest BCUT2D eigenvalue weighted by atomic mass is 9.86. The summed E-state index contributed by atoms with van der Waals surface area (Å²) in [5, 5.41) is 0. The van der Waals surface area contributed by atoms with E-state index in [1.165, 1.54) is 0 Å². The van der Waals surface area contributed by atoms with Gasteiger partial charge in [-0.25, -0.2) is 4.98 Å². The third-order valence-corrected chi connectivity index (χ3v) is 3.84. The third-order valence-electron chi connectivity index (χ3n) is 3.84. The number of amides is 1. The number of nitrogens with two attached hydrogens (primary N) is 1. The maximum atomic E-state index is 12.6. The molecule has 1 aliphatic rings. The molecule has 1 aliphatic heterocycles. The van der Waals surface area contributed by atoms with Crippen LogP contribution in [0.4, 0.5) is 11.5 Å². The smallest absolute Gasteiger partial charge is 0.237 e. The molecule has 2 heterocycles. The molecule has 1 aromatic carbocycles. The van der Waals surface area contributed by atoms with Crippen molar-refractivity contribution in [3.8, 4) is 0 Å². The first-order valence-electron chi connectivity index (χ1n) is 6.62. The van der Waals surface area contributed by atoms with Gasteiger partial charge in [0.1, 0.15) is 5.82 Å². The number of nitrogen functional groups attached to an aromatic ring is 1. The van der Waals surface area contributed by atoms with Crippen molar-refractivity contribution in [2.45, 2.75) is 25.8 Å². The molecule has 2 aromatic rings. The summed E-state index contributed by atoms with van der Waals surface area (Å²) in [6.07, 6.45) is 1.72. The van der Waals surface area contributed by atoms with Gasteiger partial charge in [-0.3, -0.25) is 4.79 Å². The average molecular weight is 267 g/mol. The standard InChI is InChI=1S/C16H17N3O/c1-16(2)12-5-3-4-6-13(12)19(15(16)20)10-11-7-8-14(17)18-9-11/h3-9H,10H2,1-2H3,(H2,17,18). The maximum absolute atomic E-state index is 12.6. The van der Waals surface area contributed by atoms with Gasteiger partial charge >= 0.3 is 0 Å². The number of carbonyl (C=O) groups excluding carboxylic acids is 1. The number of fused-ring (bicyclic) bond motifs is 1. The normalized spacial score (nSPS) is 16.3. The van der Waals surface area contributed by atoms with Crippen molar-refractivity contribution in [2.24, 2.45) is 0 Å². The molecule has 4 heteroatoms. The third kappa shape index (κ3) is 1.84. The summed E-state index contributed by atoms with van der Waals surface area (Å²) >= 11 is 0. The van der Waals surface area contributed by atoms with Crippen LogP contribution in [0.5, 0.6) is 0 Å². The maximum Gasteiger partial charge on any atom is 0.237 e. The molecule has 0 atom stereocenters. The van der Waals surface area contributed by atoms with E-state index in [1.807, 2.05) is 49.1 Å². The summed E-state index contributed by atoms with van der Waals surface area (Å²) in [5.41, 5.74) is 8.15. The minimum Gasteiger partial charge on any atom is -0.384 e. The molecule has 0 unspecified atom stereocenters. The van der Waals surface area contributed by atoms with E-state index in [1.54, 1.807) is 12.3 Å². The van der Waals surface area contributed by atoms with Gasteiger partial charge in [-0.05, 0) is 37.1 Å². The highest BCUT2D eigenvalue weighted by atomic mass is 16.2. The molecule has 0 saturated carbocycles. The van der Waals surface area contributed by atoms with Crippen molar-refractivity contribution in [1.29, 1.82) is 0 Å². The van der Waals surface area contributed by atoms with Gasteiger partial charge in [0.15, 0.2) is 0 Å². The van der Waals surface area contributed by atoms with E-state index >= 15 is 0 Å². The number of aromatic nitrogens is 1. The van der Waals surface area contributed by atoms with Gasteiger partial charge in [0.05, 0.1) is 12.0 Å². The Balaban J connectivity index is 1.98. The predicted molar refractivity (Wildman–Crippen MR) is 79.3 cm³/mol. The second-order valence-corrected chi connectivity index (χ2v) is 5.62. The summed E-state index contributed by atoms with van der Waals surface area (Å²) < 4.78 is 0. The molecule has 102 valence electrons. The van der Waals surface area contributed by atoms with Gasteiger partial charge in [0.2, 0.25) is 5.91 Å². The van der Waals surface area contributed by atoms with Crippen LogP contribution in [-0.2, 0) is 16.8 Å². The van der Waals surface area contributed by atoms with Crippen molar-refractivity contribution in [3.63, 3.8) is 0 Å². The average Bonchev–Trinajstić information content (AvgIpc) is 2.63. The van der Waals surface area contributed by atoms with Crippen LogP contribution >= 0.6 is 0 Å². The lowest BCUT2D eigenvalue weighted by molar-refractivity contribution is -0.122. The summed E-state index contributed by atoms with van der Waals surface area (Å²) in [4.78, 5) is 18.5. The molecule has 0 aliphatic carbocycles. The predicted octanol–water partition coefficient (Wildman–Crippen LogP) is 2.49. The fraction of sp³-hybridized carbons (Fsp3) is 0.250. The first-order valence-corrected chi connectivity index (χ1v) is 6.62. The van der Waals surface area contributed by atoms with E-state index in [0.29, 0.717) is 12.4 Å². The minimum absolute atomic E-state index is 0.121. The Hall–Kier alpha value is -2.36. The molecular formula is C16H17N3O. The van der Waals surface area contributed by atoms with Crippen molar-refractivity contribution in [2.75, 3.05) is 10.6 Å². The largest absolute Gasteiger partial charge is 0.384 e. The Morgan fingerprint density at radius 1 is 1.20 bits per heavy atom. The van der Waals surface area contributed by atoms with Crippen molar-refractivity contribution < 1.29 is 4.79 Å². The lowest BCUT2D eigenvalue weighted by Crippen LogP contribution is -2.35. The Bertz CT molecular complexity index is 662. The summed E-state index contributed by atoms with van der Waals surface area (Å²) in [6.45, 7) is 4.46. The van der Waals surface area contributed by atoms with Crippen molar-refractivity contribution in [1.82, 2.24) is 4.98 Å². The van der Waals surface area contributed by atoms with Crippen LogP contribution < -0.4 is 10.6 Å². The zero-order valence-corrected chi connectivity index (χ0v) is 11.6. The molecule has 0 fully saturated rings. The number of hydrogen-bond acceptors (Lipinski definition) is 3. The minimum atomic E-state index is -0.474. The molecule has 2 N–H and O–H groups in total. The van der Waals surface area contributed by atoms with E-state index in [-0.39, 0.29) is 5.91 Å². The van der Waals surface area contributed by atoms with Gasteiger partial charge in [-0.1, -0.05) is 24.3 Å². The molecule has 0 spiro atoms. The summed E-state index contributed by atoms with van der Waals surface area (Å²) in [6, 6.07) is 11.6. The molecule has 1 amide bonds. The zero-order valence-electron chi connectivity index (χ0n) is 11.6. The van der Waals surface area contributed by atoms with E-state index < -0.39 is 5.41 Å². The molecule has 20 heavy (non-hydrogen) atoms. The molecular weight excluding hydrogens is 250 g/mol. The van der Waals surface area contributed by atoms with Crippen LogP contribution in [0, 0.1) is 0 Å². The monoisotopic (exact) mass is 267 g/mol. The molecule has 3 rings (SSSR count). The highest BCUT2D eigenvalue weighted by Gasteiger charge is 2.43. The number of para-hydroxylation sites is 1. The molecule has 0 bridgehead atoms. The molecule has 0 radical (unpaired) electrons. The van der Waals surface area contributed by atoms with Crippen LogP contribution in [0.2, 0.25) is 0 Å². The zero-order chi connectivity index (χ0) is 14.3. The topological polar surface area (TPSA) is 59.2 Å². The van der Waals surface area contributed by atoms with Crippen LogP contribution in [0.25, 0.3) is 0 Å². The van der Waals surface area contributed by atoms with Gasteiger partial charge in [-0.15, -0.1) is 0 Å². The Labute approximate surface area is 118 Å². The number of pyridine rings is 1. The van der Waals surface area contributed by atoms with Crippen molar-refractivity contribution in [3.05, 3.63) is 53.7 Å². The van der Waals surface area contributed by atoms with Gasteiger partial charge in [0.25, 0.3) is 0 Å².